The minimum Gasteiger partial charge on any atom is -0.297 e. The summed E-state index contributed by atoms with van der Waals surface area (Å²) in [6.45, 7) is 0.0475. The zero-order valence-electron chi connectivity index (χ0n) is 13.9. The number of halogens is 2. The normalized spacial score (nSPS) is 15.0. The maximum Gasteiger partial charge on any atom is 0.263 e. The number of carbonyl (C=O) groups is 1. The molecule has 4 rings (SSSR count). The van der Waals surface area contributed by atoms with E-state index in [-0.39, 0.29) is 28.8 Å². The summed E-state index contributed by atoms with van der Waals surface area (Å²) in [4.78, 5) is 30.3. The van der Waals surface area contributed by atoms with Crippen LogP contribution in [0, 0.1) is 11.7 Å². The molecule has 0 amide bonds. The fourth-order valence-electron chi connectivity index (χ4n) is 3.50. The molecule has 0 saturated heterocycles. The quantitative estimate of drug-likeness (QED) is 0.650. The minimum atomic E-state index is -0.507. The second-order valence-corrected chi connectivity index (χ2v) is 7.85. The summed E-state index contributed by atoms with van der Waals surface area (Å²) in [5.41, 5.74) is 1.06. The van der Waals surface area contributed by atoms with Gasteiger partial charge >= 0.3 is 0 Å². The molecule has 0 atom stereocenters. The molecule has 0 radical (unpaired) electrons. The van der Waals surface area contributed by atoms with E-state index in [0.29, 0.717) is 21.3 Å². The molecule has 0 bridgehead atoms. The molecule has 2 heterocycles. The lowest BCUT2D eigenvalue weighted by Crippen LogP contribution is -2.27. The Balaban J connectivity index is 1.75. The van der Waals surface area contributed by atoms with Crippen LogP contribution in [-0.4, -0.2) is 15.3 Å². The van der Waals surface area contributed by atoms with Crippen LogP contribution in [0.15, 0.2) is 34.7 Å². The Bertz CT molecular complexity index is 1050. The van der Waals surface area contributed by atoms with Gasteiger partial charge in [0.25, 0.3) is 5.56 Å². The molecule has 0 spiro atoms. The summed E-state index contributed by atoms with van der Waals surface area (Å²) in [6, 6.07) is 4.36. The first-order chi connectivity index (χ1) is 12.5. The van der Waals surface area contributed by atoms with E-state index in [4.69, 9.17) is 11.6 Å². The monoisotopic (exact) mass is 390 g/mol. The minimum absolute atomic E-state index is 0.00229. The first kappa shape index (κ1) is 17.4. The van der Waals surface area contributed by atoms with E-state index >= 15 is 0 Å². The SMILES string of the molecule is O=C(Cn1cnc2scc(-c3ccc(F)c(Cl)c3)c2c1=O)C1CCCC1. The Hall–Kier alpha value is -2.05. The first-order valence-electron chi connectivity index (χ1n) is 8.49. The number of rotatable bonds is 4. The highest BCUT2D eigenvalue weighted by molar-refractivity contribution is 7.17. The smallest absolute Gasteiger partial charge is 0.263 e. The Labute approximate surface area is 158 Å². The van der Waals surface area contributed by atoms with Crippen molar-refractivity contribution in [3.05, 3.63) is 51.1 Å². The zero-order valence-corrected chi connectivity index (χ0v) is 15.4. The van der Waals surface area contributed by atoms with Crippen molar-refractivity contribution in [1.82, 2.24) is 9.55 Å². The van der Waals surface area contributed by atoms with Crippen molar-refractivity contribution in [2.45, 2.75) is 32.2 Å². The molecule has 134 valence electrons. The highest BCUT2D eigenvalue weighted by Gasteiger charge is 2.23. The number of aromatic nitrogens is 2. The summed E-state index contributed by atoms with van der Waals surface area (Å²) in [7, 11) is 0. The molecule has 1 aliphatic rings. The van der Waals surface area contributed by atoms with Gasteiger partial charge in [-0.3, -0.25) is 14.2 Å². The third-order valence-electron chi connectivity index (χ3n) is 4.93. The van der Waals surface area contributed by atoms with Crippen LogP contribution in [-0.2, 0) is 11.3 Å². The van der Waals surface area contributed by atoms with Gasteiger partial charge in [0.2, 0.25) is 0 Å². The van der Waals surface area contributed by atoms with Gasteiger partial charge in [-0.15, -0.1) is 11.3 Å². The summed E-state index contributed by atoms with van der Waals surface area (Å²) in [6.07, 6.45) is 5.39. The Morgan fingerprint density at radius 3 is 2.85 bits per heavy atom. The van der Waals surface area contributed by atoms with Crippen molar-refractivity contribution in [3.8, 4) is 11.1 Å². The second kappa shape index (κ2) is 6.93. The summed E-state index contributed by atoms with van der Waals surface area (Å²) >= 11 is 7.22. The lowest BCUT2D eigenvalue weighted by molar-refractivity contribution is -0.123. The van der Waals surface area contributed by atoms with Gasteiger partial charge in [-0.25, -0.2) is 9.37 Å². The van der Waals surface area contributed by atoms with Gasteiger partial charge in [-0.2, -0.15) is 0 Å². The van der Waals surface area contributed by atoms with Crippen LogP contribution in [0.25, 0.3) is 21.3 Å². The van der Waals surface area contributed by atoms with Gasteiger partial charge in [0.1, 0.15) is 10.6 Å². The molecule has 1 aliphatic carbocycles. The van der Waals surface area contributed by atoms with Gasteiger partial charge in [-0.05, 0) is 30.5 Å². The highest BCUT2D eigenvalue weighted by atomic mass is 35.5. The van der Waals surface area contributed by atoms with Crippen molar-refractivity contribution in [2.75, 3.05) is 0 Å². The lowest BCUT2D eigenvalue weighted by atomic mass is 10.0. The highest BCUT2D eigenvalue weighted by Crippen LogP contribution is 2.33. The molecule has 3 aromatic rings. The number of hydrogen-bond acceptors (Lipinski definition) is 4. The standard InChI is InChI=1S/C19H16ClFN2O2S/c20-14-7-12(5-6-15(14)21)13-9-26-18-17(13)19(25)23(10-22-18)8-16(24)11-3-1-2-4-11/h5-7,9-11H,1-4,8H2. The largest absolute Gasteiger partial charge is 0.297 e. The number of nitrogens with zero attached hydrogens (tertiary/aromatic N) is 2. The third kappa shape index (κ3) is 3.08. The van der Waals surface area contributed by atoms with E-state index in [1.165, 1.54) is 34.4 Å². The van der Waals surface area contributed by atoms with Crippen LogP contribution in [0.2, 0.25) is 5.02 Å². The van der Waals surface area contributed by atoms with Crippen molar-refractivity contribution in [3.63, 3.8) is 0 Å². The average molecular weight is 391 g/mol. The zero-order chi connectivity index (χ0) is 18.3. The number of hydrogen-bond donors (Lipinski definition) is 0. The Kier molecular flexibility index (Phi) is 4.63. The van der Waals surface area contributed by atoms with Gasteiger partial charge in [0, 0.05) is 16.9 Å². The van der Waals surface area contributed by atoms with E-state index in [0.717, 1.165) is 25.7 Å². The predicted octanol–water partition coefficient (Wildman–Crippen LogP) is 4.68. The average Bonchev–Trinajstić information content (AvgIpc) is 3.29. The molecule has 1 saturated carbocycles. The first-order valence-corrected chi connectivity index (χ1v) is 9.75. The van der Waals surface area contributed by atoms with Gasteiger partial charge in [-0.1, -0.05) is 30.5 Å². The molecular formula is C19H16ClFN2O2S. The number of carbonyl (C=O) groups excluding carboxylic acids is 1. The summed E-state index contributed by atoms with van der Waals surface area (Å²) < 4.78 is 14.8. The van der Waals surface area contributed by atoms with Crippen LogP contribution in [0.5, 0.6) is 0 Å². The van der Waals surface area contributed by atoms with E-state index < -0.39 is 5.82 Å². The Morgan fingerprint density at radius 1 is 1.35 bits per heavy atom. The number of benzene rings is 1. The number of fused-ring (bicyclic) bond motifs is 1. The van der Waals surface area contributed by atoms with E-state index in [9.17, 15) is 14.0 Å². The summed E-state index contributed by atoms with van der Waals surface area (Å²) in [5.74, 6) is -0.365. The van der Waals surface area contributed by atoms with Gasteiger partial charge in [0.05, 0.1) is 23.3 Å². The molecule has 0 unspecified atom stereocenters. The third-order valence-corrected chi connectivity index (χ3v) is 6.10. The predicted molar refractivity (Wildman–Crippen MR) is 101 cm³/mol. The lowest BCUT2D eigenvalue weighted by Gasteiger charge is -2.10. The van der Waals surface area contributed by atoms with Crippen LogP contribution < -0.4 is 5.56 Å². The second-order valence-electron chi connectivity index (χ2n) is 6.58. The van der Waals surface area contributed by atoms with Crippen LogP contribution in [0.1, 0.15) is 25.7 Å². The molecule has 0 N–H and O–H groups in total. The van der Waals surface area contributed by atoms with Crippen molar-refractivity contribution in [2.24, 2.45) is 5.92 Å². The molecule has 0 aliphatic heterocycles. The molecule has 4 nitrogen and oxygen atoms in total. The van der Waals surface area contributed by atoms with Crippen molar-refractivity contribution < 1.29 is 9.18 Å². The van der Waals surface area contributed by atoms with E-state index in [2.05, 4.69) is 4.98 Å². The fourth-order valence-corrected chi connectivity index (χ4v) is 4.59. The molecule has 7 heteroatoms. The topological polar surface area (TPSA) is 52.0 Å². The van der Waals surface area contributed by atoms with Crippen molar-refractivity contribution in [1.29, 1.82) is 0 Å². The van der Waals surface area contributed by atoms with E-state index in [1.807, 2.05) is 5.38 Å². The number of ketones is 1. The van der Waals surface area contributed by atoms with E-state index in [1.54, 1.807) is 6.07 Å². The molecule has 1 fully saturated rings. The Morgan fingerprint density at radius 2 is 2.12 bits per heavy atom. The van der Waals surface area contributed by atoms with Crippen LogP contribution in [0.4, 0.5) is 4.39 Å². The molecule has 1 aromatic carbocycles. The van der Waals surface area contributed by atoms with Crippen molar-refractivity contribution >= 4 is 38.9 Å². The van der Waals surface area contributed by atoms with Gasteiger partial charge < -0.3 is 0 Å². The molecular weight excluding hydrogens is 375 g/mol. The number of Topliss-reactive ketones (excluding diaryl/α,β-unsaturated/α-hetero) is 1. The van der Waals surface area contributed by atoms with Crippen LogP contribution >= 0.6 is 22.9 Å². The number of thiophene rings is 1. The van der Waals surface area contributed by atoms with Crippen LogP contribution in [0.3, 0.4) is 0 Å². The fraction of sp³-hybridized carbons (Fsp3) is 0.316. The molecule has 26 heavy (non-hydrogen) atoms. The maximum absolute atomic E-state index is 13.4. The summed E-state index contributed by atoms with van der Waals surface area (Å²) in [5, 5.41) is 2.26. The maximum atomic E-state index is 13.4. The molecule has 2 aromatic heterocycles. The van der Waals surface area contributed by atoms with Gasteiger partial charge in [0.15, 0.2) is 5.78 Å².